The van der Waals surface area contributed by atoms with E-state index in [1.165, 1.54) is 0 Å². The second kappa shape index (κ2) is 3.88. The van der Waals surface area contributed by atoms with Gasteiger partial charge >= 0.3 is 0 Å². The maximum Gasteiger partial charge on any atom is 0.225 e. The van der Waals surface area contributed by atoms with Crippen molar-refractivity contribution in [3.63, 3.8) is 0 Å². The molecule has 1 aromatic rings. The van der Waals surface area contributed by atoms with Gasteiger partial charge in [0.15, 0.2) is 0 Å². The van der Waals surface area contributed by atoms with Gasteiger partial charge in [-0.05, 0) is 39.8 Å². The van der Waals surface area contributed by atoms with Crippen LogP contribution >= 0.6 is 0 Å². The number of hydrogen-bond acceptors (Lipinski definition) is 3. The summed E-state index contributed by atoms with van der Waals surface area (Å²) in [6.07, 6.45) is 0. The number of rotatable bonds is 2. The molecular formula is C11H17N3O. The zero-order chi connectivity index (χ0) is 11.6. The fraction of sp³-hybridized carbons (Fsp3) is 0.455. The summed E-state index contributed by atoms with van der Waals surface area (Å²) in [5.41, 5.74) is 6.49. The SMILES string of the molecule is Cc1ccc(C(=N)N)c(OC(C)(C)C)n1. The Kier molecular flexibility index (Phi) is 2.98. The van der Waals surface area contributed by atoms with Gasteiger partial charge in [-0.25, -0.2) is 4.98 Å². The average molecular weight is 207 g/mol. The van der Waals surface area contributed by atoms with E-state index < -0.39 is 0 Å². The van der Waals surface area contributed by atoms with Crippen LogP contribution in [-0.2, 0) is 0 Å². The maximum atomic E-state index is 7.41. The Morgan fingerprint density at radius 3 is 2.47 bits per heavy atom. The number of nitrogen functional groups attached to an aromatic ring is 1. The van der Waals surface area contributed by atoms with E-state index in [0.29, 0.717) is 11.4 Å². The first kappa shape index (κ1) is 11.5. The first-order chi connectivity index (χ1) is 6.79. The van der Waals surface area contributed by atoms with Gasteiger partial charge < -0.3 is 10.5 Å². The number of nitrogens with one attached hydrogen (secondary N) is 1. The Morgan fingerprint density at radius 1 is 1.40 bits per heavy atom. The Bertz CT molecular complexity index is 380. The summed E-state index contributed by atoms with van der Waals surface area (Å²) in [5.74, 6) is 0.400. The van der Waals surface area contributed by atoms with Crippen molar-refractivity contribution in [1.82, 2.24) is 4.98 Å². The number of aryl methyl sites for hydroxylation is 1. The molecule has 0 aromatic carbocycles. The lowest BCUT2D eigenvalue weighted by Crippen LogP contribution is -2.26. The molecule has 0 aliphatic rings. The molecule has 0 aliphatic carbocycles. The van der Waals surface area contributed by atoms with Crippen LogP contribution in [0.3, 0.4) is 0 Å². The highest BCUT2D eigenvalue weighted by molar-refractivity contribution is 5.97. The molecule has 0 radical (unpaired) electrons. The first-order valence-electron chi connectivity index (χ1n) is 4.80. The summed E-state index contributed by atoms with van der Waals surface area (Å²) in [7, 11) is 0. The topological polar surface area (TPSA) is 72.0 Å². The fourth-order valence-corrected chi connectivity index (χ4v) is 1.11. The van der Waals surface area contributed by atoms with Gasteiger partial charge in [-0.2, -0.15) is 0 Å². The number of hydrogen-bond donors (Lipinski definition) is 2. The van der Waals surface area contributed by atoms with Crippen LogP contribution in [0.25, 0.3) is 0 Å². The van der Waals surface area contributed by atoms with Gasteiger partial charge in [0.05, 0.1) is 5.56 Å². The van der Waals surface area contributed by atoms with Gasteiger partial charge in [0, 0.05) is 5.69 Å². The molecule has 1 aromatic heterocycles. The normalized spacial score (nSPS) is 11.2. The molecule has 4 nitrogen and oxygen atoms in total. The second-order valence-electron chi connectivity index (χ2n) is 4.43. The lowest BCUT2D eigenvalue weighted by molar-refractivity contribution is 0.123. The van der Waals surface area contributed by atoms with Gasteiger partial charge in [0.25, 0.3) is 0 Å². The van der Waals surface area contributed by atoms with Crippen molar-refractivity contribution in [1.29, 1.82) is 5.41 Å². The van der Waals surface area contributed by atoms with E-state index >= 15 is 0 Å². The molecule has 0 atom stereocenters. The van der Waals surface area contributed by atoms with Crippen molar-refractivity contribution in [2.75, 3.05) is 0 Å². The molecule has 4 heteroatoms. The fourth-order valence-electron chi connectivity index (χ4n) is 1.11. The molecule has 1 heterocycles. The summed E-state index contributed by atoms with van der Waals surface area (Å²) in [6, 6.07) is 3.57. The van der Waals surface area contributed by atoms with Gasteiger partial charge in [-0.1, -0.05) is 0 Å². The summed E-state index contributed by atoms with van der Waals surface area (Å²) in [4.78, 5) is 4.24. The van der Waals surface area contributed by atoms with Gasteiger partial charge in [-0.15, -0.1) is 0 Å². The zero-order valence-corrected chi connectivity index (χ0v) is 9.59. The highest BCUT2D eigenvalue weighted by Crippen LogP contribution is 2.20. The molecule has 82 valence electrons. The second-order valence-corrected chi connectivity index (χ2v) is 4.43. The summed E-state index contributed by atoms with van der Waals surface area (Å²) in [6.45, 7) is 7.67. The molecule has 1 rings (SSSR count). The predicted octanol–water partition coefficient (Wildman–Crippen LogP) is 1.85. The smallest absolute Gasteiger partial charge is 0.225 e. The third-order valence-corrected chi connectivity index (χ3v) is 1.69. The molecule has 3 N–H and O–H groups in total. The Hall–Kier alpha value is -1.58. The Morgan fingerprint density at radius 2 is 2.00 bits per heavy atom. The standard InChI is InChI=1S/C11H17N3O/c1-7-5-6-8(9(12)13)10(14-7)15-11(2,3)4/h5-6H,1-4H3,(H3,12,13). The zero-order valence-electron chi connectivity index (χ0n) is 9.59. The quantitative estimate of drug-likeness (QED) is 0.574. The van der Waals surface area contributed by atoms with E-state index in [4.69, 9.17) is 15.9 Å². The van der Waals surface area contributed by atoms with Crippen LogP contribution in [0.15, 0.2) is 12.1 Å². The van der Waals surface area contributed by atoms with Crippen molar-refractivity contribution < 1.29 is 4.74 Å². The maximum absolute atomic E-state index is 7.41. The molecule has 0 amide bonds. The third-order valence-electron chi connectivity index (χ3n) is 1.69. The van der Waals surface area contributed by atoms with Crippen LogP contribution in [0.1, 0.15) is 32.0 Å². The van der Waals surface area contributed by atoms with Crippen molar-refractivity contribution in [2.45, 2.75) is 33.3 Å². The summed E-state index contributed by atoms with van der Waals surface area (Å²) >= 11 is 0. The van der Waals surface area contributed by atoms with E-state index in [-0.39, 0.29) is 11.4 Å². The molecule has 0 bridgehead atoms. The van der Waals surface area contributed by atoms with Crippen LogP contribution in [0.2, 0.25) is 0 Å². The van der Waals surface area contributed by atoms with E-state index in [9.17, 15) is 0 Å². The largest absolute Gasteiger partial charge is 0.471 e. The minimum atomic E-state index is -0.342. The molecular weight excluding hydrogens is 190 g/mol. The molecule has 0 aliphatic heterocycles. The number of pyridine rings is 1. The van der Waals surface area contributed by atoms with Crippen molar-refractivity contribution in [3.05, 3.63) is 23.4 Å². The molecule has 15 heavy (non-hydrogen) atoms. The molecule has 0 unspecified atom stereocenters. The van der Waals surface area contributed by atoms with Crippen LogP contribution in [-0.4, -0.2) is 16.4 Å². The average Bonchev–Trinajstić information content (AvgIpc) is 1.99. The Labute approximate surface area is 90.0 Å². The lowest BCUT2D eigenvalue weighted by Gasteiger charge is -2.22. The summed E-state index contributed by atoms with van der Waals surface area (Å²) < 4.78 is 5.64. The number of nitrogens with zero attached hydrogens (tertiary/aromatic N) is 1. The van der Waals surface area contributed by atoms with E-state index in [2.05, 4.69) is 4.98 Å². The molecule has 0 saturated heterocycles. The van der Waals surface area contributed by atoms with Gasteiger partial charge in [0.2, 0.25) is 5.88 Å². The van der Waals surface area contributed by atoms with Crippen LogP contribution in [0.4, 0.5) is 0 Å². The minimum absolute atomic E-state index is 0.0262. The van der Waals surface area contributed by atoms with Gasteiger partial charge in [-0.3, -0.25) is 5.41 Å². The number of nitrogens with two attached hydrogens (primary N) is 1. The molecule has 0 spiro atoms. The van der Waals surface area contributed by atoms with Crippen molar-refractivity contribution in [2.24, 2.45) is 5.73 Å². The van der Waals surface area contributed by atoms with Crippen LogP contribution in [0.5, 0.6) is 5.88 Å². The van der Waals surface area contributed by atoms with Gasteiger partial charge in [0.1, 0.15) is 11.4 Å². The van der Waals surface area contributed by atoms with E-state index in [1.54, 1.807) is 6.07 Å². The molecule has 0 fully saturated rings. The summed E-state index contributed by atoms with van der Waals surface area (Å²) in [5, 5.41) is 7.41. The van der Waals surface area contributed by atoms with Crippen molar-refractivity contribution in [3.8, 4) is 5.88 Å². The highest BCUT2D eigenvalue weighted by atomic mass is 16.5. The lowest BCUT2D eigenvalue weighted by atomic mass is 10.2. The van der Waals surface area contributed by atoms with Crippen LogP contribution < -0.4 is 10.5 Å². The number of amidine groups is 1. The van der Waals surface area contributed by atoms with Crippen LogP contribution in [0, 0.1) is 12.3 Å². The monoisotopic (exact) mass is 207 g/mol. The highest BCUT2D eigenvalue weighted by Gasteiger charge is 2.17. The number of aromatic nitrogens is 1. The van der Waals surface area contributed by atoms with E-state index in [1.807, 2.05) is 33.8 Å². The Balaban J connectivity index is 3.13. The van der Waals surface area contributed by atoms with Crippen molar-refractivity contribution >= 4 is 5.84 Å². The molecule has 0 saturated carbocycles. The minimum Gasteiger partial charge on any atom is -0.471 e. The first-order valence-corrected chi connectivity index (χ1v) is 4.80. The van der Waals surface area contributed by atoms with E-state index in [0.717, 1.165) is 5.69 Å². The number of ether oxygens (including phenoxy) is 1. The predicted molar refractivity (Wildman–Crippen MR) is 60.4 cm³/mol. The third kappa shape index (κ3) is 3.23.